The van der Waals surface area contributed by atoms with E-state index in [4.69, 9.17) is 0 Å². The van der Waals surface area contributed by atoms with Crippen LogP contribution in [0.3, 0.4) is 0 Å². The molecule has 1 unspecified atom stereocenters. The van der Waals surface area contributed by atoms with Gasteiger partial charge in [0, 0.05) is 13.0 Å². The number of fused-ring (bicyclic) bond motifs is 1. The molecule has 4 nitrogen and oxygen atoms in total. The van der Waals surface area contributed by atoms with Gasteiger partial charge in [-0.1, -0.05) is 24.3 Å². The molecule has 0 saturated carbocycles. The van der Waals surface area contributed by atoms with Crippen LogP contribution in [0.4, 0.5) is 0 Å². The van der Waals surface area contributed by atoms with Crippen LogP contribution in [-0.2, 0) is 11.2 Å². The SMILES string of the molecule is CC1(C(=O)N[C@H]2c3ccccc3C[C@H]2O)CCCNC1.Cl. The van der Waals surface area contributed by atoms with Crippen LogP contribution in [0, 0.1) is 5.41 Å². The number of carbonyl (C=O) groups is 1. The zero-order chi connectivity index (χ0) is 14.2. The van der Waals surface area contributed by atoms with Crippen molar-refractivity contribution in [3.05, 3.63) is 35.4 Å². The van der Waals surface area contributed by atoms with E-state index < -0.39 is 6.10 Å². The minimum Gasteiger partial charge on any atom is -0.390 e. The Kier molecular flexibility index (Phi) is 4.91. The highest BCUT2D eigenvalue weighted by Crippen LogP contribution is 2.33. The predicted molar refractivity (Wildman–Crippen MR) is 84.5 cm³/mol. The van der Waals surface area contributed by atoms with Crippen LogP contribution in [-0.4, -0.2) is 30.2 Å². The summed E-state index contributed by atoms with van der Waals surface area (Å²) in [6.07, 6.45) is 2.02. The van der Waals surface area contributed by atoms with Crippen molar-refractivity contribution >= 4 is 18.3 Å². The van der Waals surface area contributed by atoms with Gasteiger partial charge in [0.05, 0.1) is 17.6 Å². The van der Waals surface area contributed by atoms with E-state index in [1.807, 2.05) is 31.2 Å². The molecule has 1 aromatic carbocycles. The predicted octanol–water partition coefficient (Wildman–Crippen LogP) is 1.57. The highest BCUT2D eigenvalue weighted by molar-refractivity contribution is 5.85. The van der Waals surface area contributed by atoms with Gasteiger partial charge in [-0.05, 0) is 37.4 Å². The summed E-state index contributed by atoms with van der Waals surface area (Å²) in [7, 11) is 0. The molecule has 0 aromatic heterocycles. The topological polar surface area (TPSA) is 61.4 Å². The normalized spacial score (nSPS) is 31.1. The van der Waals surface area contributed by atoms with E-state index in [0.717, 1.165) is 30.5 Å². The lowest BCUT2D eigenvalue weighted by Gasteiger charge is -2.34. The fourth-order valence-corrected chi connectivity index (χ4v) is 3.31. The number of piperidine rings is 1. The van der Waals surface area contributed by atoms with Crippen molar-refractivity contribution in [1.29, 1.82) is 0 Å². The third-order valence-electron chi connectivity index (χ3n) is 4.64. The second-order valence-corrected chi connectivity index (χ2v) is 6.26. The molecule has 1 aromatic rings. The largest absolute Gasteiger partial charge is 0.390 e. The molecule has 2 aliphatic rings. The second-order valence-electron chi connectivity index (χ2n) is 6.26. The molecule has 1 aliphatic carbocycles. The molecular weight excluding hydrogens is 288 g/mol. The average molecular weight is 311 g/mol. The van der Waals surface area contributed by atoms with Crippen molar-refractivity contribution < 1.29 is 9.90 Å². The van der Waals surface area contributed by atoms with Crippen LogP contribution in [0.25, 0.3) is 0 Å². The van der Waals surface area contributed by atoms with Gasteiger partial charge in [-0.15, -0.1) is 12.4 Å². The third kappa shape index (κ3) is 3.07. The van der Waals surface area contributed by atoms with Crippen molar-refractivity contribution in [3.8, 4) is 0 Å². The minimum atomic E-state index is -0.517. The van der Waals surface area contributed by atoms with Crippen LogP contribution in [0.5, 0.6) is 0 Å². The summed E-state index contributed by atoms with van der Waals surface area (Å²) in [6.45, 7) is 3.70. The lowest BCUT2D eigenvalue weighted by molar-refractivity contribution is -0.132. The Hall–Kier alpha value is -1.10. The molecule has 5 heteroatoms. The number of aliphatic hydroxyl groups excluding tert-OH is 1. The zero-order valence-electron chi connectivity index (χ0n) is 12.3. The van der Waals surface area contributed by atoms with Gasteiger partial charge in [0.2, 0.25) is 5.91 Å². The van der Waals surface area contributed by atoms with Crippen LogP contribution >= 0.6 is 12.4 Å². The Morgan fingerprint density at radius 3 is 2.90 bits per heavy atom. The summed E-state index contributed by atoms with van der Waals surface area (Å²) < 4.78 is 0. The molecular formula is C16H23ClN2O2. The molecule has 1 heterocycles. The Labute approximate surface area is 131 Å². The zero-order valence-corrected chi connectivity index (χ0v) is 13.1. The van der Waals surface area contributed by atoms with E-state index in [1.54, 1.807) is 0 Å². The first-order valence-corrected chi connectivity index (χ1v) is 7.38. The maximum absolute atomic E-state index is 12.6. The highest BCUT2D eigenvalue weighted by atomic mass is 35.5. The Morgan fingerprint density at radius 2 is 2.19 bits per heavy atom. The molecule has 3 atom stereocenters. The van der Waals surface area contributed by atoms with Gasteiger partial charge < -0.3 is 15.7 Å². The fourth-order valence-electron chi connectivity index (χ4n) is 3.31. The van der Waals surface area contributed by atoms with Crippen molar-refractivity contribution in [2.75, 3.05) is 13.1 Å². The number of nitrogens with one attached hydrogen (secondary N) is 2. The lowest BCUT2D eigenvalue weighted by atomic mass is 9.81. The summed E-state index contributed by atoms with van der Waals surface area (Å²) in [5.41, 5.74) is 1.83. The van der Waals surface area contributed by atoms with Gasteiger partial charge in [0.1, 0.15) is 0 Å². The van der Waals surface area contributed by atoms with E-state index in [-0.39, 0.29) is 29.8 Å². The number of carbonyl (C=O) groups excluding carboxylic acids is 1. The number of hydrogen-bond donors (Lipinski definition) is 3. The van der Waals surface area contributed by atoms with Crippen LogP contribution < -0.4 is 10.6 Å². The first-order valence-electron chi connectivity index (χ1n) is 7.38. The standard InChI is InChI=1S/C16H22N2O2.ClH/c1-16(7-4-8-17-10-16)15(20)18-14-12-6-3-2-5-11(12)9-13(14)19;/h2-3,5-6,13-14,17,19H,4,7-10H2,1H3,(H,18,20);1H/t13-,14+,16?;/m1./s1. The number of aliphatic hydroxyl groups is 1. The Morgan fingerprint density at radius 1 is 1.43 bits per heavy atom. The Bertz CT molecular complexity index is 515. The maximum atomic E-state index is 12.6. The number of hydrogen-bond acceptors (Lipinski definition) is 3. The van der Waals surface area contributed by atoms with E-state index in [1.165, 1.54) is 0 Å². The van der Waals surface area contributed by atoms with Crippen LogP contribution in [0.1, 0.15) is 36.9 Å². The van der Waals surface area contributed by atoms with Crippen molar-refractivity contribution in [2.24, 2.45) is 5.41 Å². The molecule has 3 rings (SSSR count). The van der Waals surface area contributed by atoms with E-state index in [9.17, 15) is 9.90 Å². The van der Waals surface area contributed by atoms with Crippen molar-refractivity contribution in [2.45, 2.75) is 38.3 Å². The molecule has 1 fully saturated rings. The quantitative estimate of drug-likeness (QED) is 0.777. The summed E-state index contributed by atoms with van der Waals surface area (Å²) >= 11 is 0. The summed E-state index contributed by atoms with van der Waals surface area (Å²) in [5, 5.41) is 16.6. The highest BCUT2D eigenvalue weighted by Gasteiger charge is 2.39. The first kappa shape index (κ1) is 16.3. The fraction of sp³-hybridized carbons (Fsp3) is 0.562. The van der Waals surface area contributed by atoms with E-state index in [0.29, 0.717) is 13.0 Å². The smallest absolute Gasteiger partial charge is 0.227 e. The van der Waals surface area contributed by atoms with Crippen molar-refractivity contribution in [3.63, 3.8) is 0 Å². The van der Waals surface area contributed by atoms with E-state index in [2.05, 4.69) is 10.6 Å². The lowest BCUT2D eigenvalue weighted by Crippen LogP contribution is -2.50. The molecule has 0 radical (unpaired) electrons. The van der Waals surface area contributed by atoms with E-state index >= 15 is 0 Å². The summed E-state index contributed by atoms with van der Waals surface area (Å²) in [5.74, 6) is 0.0467. The monoisotopic (exact) mass is 310 g/mol. The molecule has 1 aliphatic heterocycles. The Balaban J connectivity index is 0.00000161. The molecule has 116 valence electrons. The van der Waals surface area contributed by atoms with Crippen LogP contribution in [0.2, 0.25) is 0 Å². The molecule has 1 saturated heterocycles. The van der Waals surface area contributed by atoms with Gasteiger partial charge in [-0.3, -0.25) is 4.79 Å². The van der Waals surface area contributed by atoms with Gasteiger partial charge in [0.25, 0.3) is 0 Å². The van der Waals surface area contributed by atoms with Gasteiger partial charge in [0.15, 0.2) is 0 Å². The molecule has 0 spiro atoms. The number of halogens is 1. The van der Waals surface area contributed by atoms with Crippen LogP contribution in [0.15, 0.2) is 24.3 Å². The molecule has 1 amide bonds. The molecule has 3 N–H and O–H groups in total. The third-order valence-corrected chi connectivity index (χ3v) is 4.64. The second kappa shape index (κ2) is 6.34. The van der Waals surface area contributed by atoms with Gasteiger partial charge in [-0.25, -0.2) is 0 Å². The molecule has 0 bridgehead atoms. The number of benzene rings is 1. The molecule has 21 heavy (non-hydrogen) atoms. The number of amides is 1. The first-order chi connectivity index (χ1) is 9.60. The maximum Gasteiger partial charge on any atom is 0.227 e. The minimum absolute atomic E-state index is 0. The summed E-state index contributed by atoms with van der Waals surface area (Å²) in [4.78, 5) is 12.6. The van der Waals surface area contributed by atoms with Gasteiger partial charge >= 0.3 is 0 Å². The average Bonchev–Trinajstić information content (AvgIpc) is 2.76. The van der Waals surface area contributed by atoms with Crippen molar-refractivity contribution in [1.82, 2.24) is 10.6 Å². The van der Waals surface area contributed by atoms with Gasteiger partial charge in [-0.2, -0.15) is 0 Å². The summed E-state index contributed by atoms with van der Waals surface area (Å²) in [6, 6.07) is 7.69. The number of rotatable bonds is 2.